The molecule has 0 unspecified atom stereocenters. The normalized spacial score (nSPS) is 11.7. The second kappa shape index (κ2) is 5.57. The van der Waals surface area contributed by atoms with Crippen molar-refractivity contribution in [1.82, 2.24) is 19.7 Å². The number of fused-ring (bicyclic) bond motifs is 3. The second-order valence-electron chi connectivity index (χ2n) is 6.64. The van der Waals surface area contributed by atoms with Crippen LogP contribution in [0.5, 0.6) is 0 Å². The van der Waals surface area contributed by atoms with Crippen molar-refractivity contribution in [2.24, 2.45) is 0 Å². The van der Waals surface area contributed by atoms with E-state index >= 15 is 0 Å². The first kappa shape index (κ1) is 14.8. The monoisotopic (exact) mass is 366 g/mol. The van der Waals surface area contributed by atoms with E-state index in [1.807, 2.05) is 24.5 Å². The van der Waals surface area contributed by atoms with Gasteiger partial charge in [-0.25, -0.2) is 4.98 Å². The molecule has 0 saturated heterocycles. The zero-order valence-corrected chi connectivity index (χ0v) is 15.3. The molecule has 6 rings (SSSR count). The van der Waals surface area contributed by atoms with E-state index in [4.69, 9.17) is 0 Å². The number of hydrogen-bond donors (Lipinski definition) is 1. The average Bonchev–Trinajstić information content (AvgIpc) is 3.43. The van der Waals surface area contributed by atoms with Gasteiger partial charge >= 0.3 is 0 Å². The molecule has 3 aromatic carbocycles. The van der Waals surface area contributed by atoms with Crippen LogP contribution in [0.3, 0.4) is 0 Å². The van der Waals surface area contributed by atoms with Gasteiger partial charge in [0.25, 0.3) is 0 Å². The number of aromatic amines is 1. The van der Waals surface area contributed by atoms with E-state index in [0.717, 1.165) is 22.4 Å². The third kappa shape index (κ3) is 2.17. The van der Waals surface area contributed by atoms with Crippen molar-refractivity contribution in [2.75, 3.05) is 0 Å². The van der Waals surface area contributed by atoms with Crippen molar-refractivity contribution in [1.29, 1.82) is 0 Å². The van der Waals surface area contributed by atoms with E-state index in [1.54, 1.807) is 0 Å². The Bertz CT molecular complexity index is 1400. The molecule has 0 aliphatic rings. The number of benzene rings is 3. The number of nitrogens with one attached hydrogen (secondary N) is 1. The third-order valence-electron chi connectivity index (χ3n) is 5.06. The van der Waals surface area contributed by atoms with Crippen molar-refractivity contribution < 1.29 is 0 Å². The van der Waals surface area contributed by atoms with Crippen molar-refractivity contribution in [3.63, 3.8) is 0 Å². The number of hydrogen-bond acceptors (Lipinski definition) is 2. The maximum absolute atomic E-state index is 4.65. The lowest BCUT2D eigenvalue weighted by Crippen LogP contribution is -1.93. The SMILES string of the molecule is c1ccc2cp(-c3cccc4[nH]nc(-n5cnc6ccccc65)c34)cc2c1. The van der Waals surface area contributed by atoms with Crippen LogP contribution < -0.4 is 0 Å². The minimum Gasteiger partial charge on any atom is -0.281 e. The van der Waals surface area contributed by atoms with Gasteiger partial charge in [-0.05, 0) is 46.6 Å². The number of imidazole rings is 1. The second-order valence-corrected chi connectivity index (χ2v) is 8.46. The molecule has 0 aliphatic heterocycles. The molecule has 4 nitrogen and oxygen atoms in total. The standard InChI is InChI=1S/C22H15N4P/c1-2-7-16-13-27(12-15(16)6-1)20-11-5-9-18-21(20)22(25-24-18)26-14-23-17-8-3-4-10-19(17)26/h1-14H,(H,24,25). The topological polar surface area (TPSA) is 46.5 Å². The molecule has 27 heavy (non-hydrogen) atoms. The molecule has 3 aromatic heterocycles. The van der Waals surface area contributed by atoms with Gasteiger partial charge in [0.05, 0.1) is 21.9 Å². The maximum Gasteiger partial charge on any atom is 0.169 e. The minimum absolute atomic E-state index is 0.520. The molecule has 0 bridgehead atoms. The lowest BCUT2D eigenvalue weighted by Gasteiger charge is -2.05. The Labute approximate surface area is 156 Å². The number of nitrogens with zero attached hydrogens (tertiary/aromatic N) is 3. The first-order chi connectivity index (χ1) is 13.4. The van der Waals surface area contributed by atoms with Gasteiger partial charge in [0, 0.05) is 5.30 Å². The molecule has 6 aromatic rings. The lowest BCUT2D eigenvalue weighted by atomic mass is 10.2. The highest BCUT2D eigenvalue weighted by molar-refractivity contribution is 7.57. The molecule has 0 fully saturated rings. The molecular weight excluding hydrogens is 351 g/mol. The van der Waals surface area contributed by atoms with E-state index in [1.165, 1.54) is 21.5 Å². The van der Waals surface area contributed by atoms with Gasteiger partial charge in [0.2, 0.25) is 0 Å². The predicted octanol–water partition coefficient (Wildman–Crippen LogP) is 6.03. The highest BCUT2D eigenvalue weighted by atomic mass is 31.1. The highest BCUT2D eigenvalue weighted by Gasteiger charge is 2.16. The zero-order valence-electron chi connectivity index (χ0n) is 14.4. The molecule has 0 spiro atoms. The van der Waals surface area contributed by atoms with Crippen molar-refractivity contribution in [2.45, 2.75) is 0 Å². The summed E-state index contributed by atoms with van der Waals surface area (Å²) in [5, 5.41) is 13.0. The lowest BCUT2D eigenvalue weighted by molar-refractivity contribution is 0.987. The summed E-state index contributed by atoms with van der Waals surface area (Å²) in [6, 6.07) is 23.2. The van der Waals surface area contributed by atoms with Crippen LogP contribution in [-0.2, 0) is 0 Å². The Hall–Kier alpha value is -3.36. The van der Waals surface area contributed by atoms with Gasteiger partial charge < -0.3 is 0 Å². The fourth-order valence-corrected chi connectivity index (χ4v) is 5.94. The molecule has 0 saturated carbocycles. The van der Waals surface area contributed by atoms with Crippen LogP contribution >= 0.6 is 7.53 Å². The quantitative estimate of drug-likeness (QED) is 0.407. The van der Waals surface area contributed by atoms with E-state index in [0.29, 0.717) is 0 Å². The van der Waals surface area contributed by atoms with Crippen molar-refractivity contribution in [3.8, 4) is 11.1 Å². The molecule has 0 amide bonds. The summed E-state index contributed by atoms with van der Waals surface area (Å²) in [5.74, 6) is 5.69. The first-order valence-corrected chi connectivity index (χ1v) is 10.3. The van der Waals surface area contributed by atoms with E-state index in [2.05, 4.69) is 79.9 Å². The maximum atomic E-state index is 4.65. The molecule has 3 heterocycles. The summed E-state index contributed by atoms with van der Waals surface area (Å²) in [6.45, 7) is 0. The fraction of sp³-hybridized carbons (Fsp3) is 0. The summed E-state index contributed by atoms with van der Waals surface area (Å²) in [6.07, 6.45) is 1.86. The Morgan fingerprint density at radius 1 is 0.815 bits per heavy atom. The van der Waals surface area contributed by atoms with Crippen LogP contribution in [0.4, 0.5) is 0 Å². The Morgan fingerprint density at radius 3 is 2.44 bits per heavy atom. The fourth-order valence-electron chi connectivity index (χ4n) is 3.78. The van der Waals surface area contributed by atoms with Crippen molar-refractivity contribution >= 4 is 40.2 Å². The van der Waals surface area contributed by atoms with Gasteiger partial charge in [0.1, 0.15) is 6.33 Å². The first-order valence-electron chi connectivity index (χ1n) is 8.85. The molecule has 128 valence electrons. The van der Waals surface area contributed by atoms with Gasteiger partial charge in [0.15, 0.2) is 5.82 Å². The molecule has 5 heteroatoms. The summed E-state index contributed by atoms with van der Waals surface area (Å²) >= 11 is 0. The average molecular weight is 366 g/mol. The van der Waals surface area contributed by atoms with Crippen molar-refractivity contribution in [3.05, 3.63) is 84.7 Å². The number of H-pyrrole nitrogens is 1. The van der Waals surface area contributed by atoms with Crippen LogP contribution in [-0.4, -0.2) is 19.7 Å². The smallest absolute Gasteiger partial charge is 0.169 e. The van der Waals surface area contributed by atoms with E-state index in [9.17, 15) is 0 Å². The molecule has 1 N–H and O–H groups in total. The number of para-hydroxylation sites is 2. The Balaban J connectivity index is 1.66. The summed E-state index contributed by atoms with van der Waals surface area (Å²) < 4.78 is 2.08. The minimum atomic E-state index is -0.520. The van der Waals surface area contributed by atoms with E-state index < -0.39 is 7.53 Å². The molecule has 0 atom stereocenters. The summed E-state index contributed by atoms with van der Waals surface area (Å²) in [4.78, 5) is 4.54. The van der Waals surface area contributed by atoms with Gasteiger partial charge in [-0.15, -0.1) is 0 Å². The molecular formula is C22H15N4P. The van der Waals surface area contributed by atoms with Crippen LogP contribution in [0.2, 0.25) is 0 Å². The predicted molar refractivity (Wildman–Crippen MR) is 112 cm³/mol. The van der Waals surface area contributed by atoms with E-state index in [-0.39, 0.29) is 0 Å². The zero-order chi connectivity index (χ0) is 17.8. The highest BCUT2D eigenvalue weighted by Crippen LogP contribution is 2.48. The van der Waals surface area contributed by atoms with Gasteiger partial charge in [-0.2, -0.15) is 5.10 Å². The summed E-state index contributed by atoms with van der Waals surface area (Å²) in [7, 11) is -0.520. The van der Waals surface area contributed by atoms with Crippen LogP contribution in [0.1, 0.15) is 0 Å². The Morgan fingerprint density at radius 2 is 1.59 bits per heavy atom. The molecule has 0 aliphatic carbocycles. The van der Waals surface area contributed by atoms with Crippen LogP contribution in [0.15, 0.2) is 84.7 Å². The van der Waals surface area contributed by atoms with Crippen LogP contribution in [0.25, 0.3) is 43.8 Å². The van der Waals surface area contributed by atoms with Gasteiger partial charge in [-0.1, -0.05) is 50.0 Å². The number of aromatic nitrogens is 4. The van der Waals surface area contributed by atoms with Crippen LogP contribution in [0, 0.1) is 0 Å². The largest absolute Gasteiger partial charge is 0.281 e. The van der Waals surface area contributed by atoms with Gasteiger partial charge in [-0.3, -0.25) is 9.67 Å². The molecule has 0 radical (unpaired) electrons. The third-order valence-corrected chi connectivity index (χ3v) is 7.10. The Kier molecular flexibility index (Phi) is 3.05. The summed E-state index contributed by atoms with van der Waals surface area (Å²) in [5.41, 5.74) is 3.10. The number of rotatable bonds is 2.